The summed E-state index contributed by atoms with van der Waals surface area (Å²) in [5, 5.41) is 18.5. The molecule has 0 fully saturated rings. The van der Waals surface area contributed by atoms with Crippen molar-refractivity contribution in [1.82, 2.24) is 0 Å². The number of halogens is 1. The Hall–Kier alpha value is -0.580. The molecule has 0 aliphatic rings. The fourth-order valence-electron chi connectivity index (χ4n) is 1.34. The van der Waals surface area contributed by atoms with E-state index in [0.29, 0.717) is 12.0 Å². The highest BCUT2D eigenvalue weighted by Crippen LogP contribution is 2.31. The Morgan fingerprint density at radius 2 is 2.14 bits per heavy atom. The molecule has 0 aliphatic carbocycles. The standard InChI is InChI=1S/C10H14BrNO2/c1-6-4-7(11)5-8(10(6)14)9(12)2-3-13/h4-5,9,13-14H,2-3,12H2,1H3/t9-/m1/s1. The lowest BCUT2D eigenvalue weighted by Crippen LogP contribution is -2.12. The minimum absolute atomic E-state index is 0.0200. The number of hydrogen-bond acceptors (Lipinski definition) is 3. The van der Waals surface area contributed by atoms with Gasteiger partial charge in [-0.15, -0.1) is 0 Å². The number of aromatic hydroxyl groups is 1. The molecule has 0 radical (unpaired) electrons. The number of benzene rings is 1. The van der Waals surface area contributed by atoms with Crippen LogP contribution in [0.4, 0.5) is 0 Å². The van der Waals surface area contributed by atoms with Crippen LogP contribution >= 0.6 is 15.9 Å². The van der Waals surface area contributed by atoms with Crippen LogP contribution in [0.1, 0.15) is 23.6 Å². The van der Waals surface area contributed by atoms with Crippen LogP contribution in [-0.4, -0.2) is 16.8 Å². The predicted octanol–water partition coefficient (Wildman–Crippen LogP) is 1.85. The van der Waals surface area contributed by atoms with Crippen molar-refractivity contribution in [2.24, 2.45) is 5.73 Å². The van der Waals surface area contributed by atoms with Gasteiger partial charge >= 0.3 is 0 Å². The molecule has 1 atom stereocenters. The second kappa shape index (κ2) is 4.77. The molecule has 0 heterocycles. The highest BCUT2D eigenvalue weighted by Gasteiger charge is 2.12. The average molecular weight is 260 g/mol. The molecule has 0 aromatic heterocycles. The van der Waals surface area contributed by atoms with Gasteiger partial charge in [0.05, 0.1) is 0 Å². The van der Waals surface area contributed by atoms with E-state index < -0.39 is 0 Å². The fourth-order valence-corrected chi connectivity index (χ4v) is 1.93. The lowest BCUT2D eigenvalue weighted by Gasteiger charge is -2.14. The minimum Gasteiger partial charge on any atom is -0.507 e. The van der Waals surface area contributed by atoms with Crippen molar-refractivity contribution in [3.8, 4) is 5.75 Å². The summed E-state index contributed by atoms with van der Waals surface area (Å²) < 4.78 is 0.885. The summed E-state index contributed by atoms with van der Waals surface area (Å²) in [4.78, 5) is 0. The number of aryl methyl sites for hydroxylation is 1. The molecule has 1 aromatic rings. The first kappa shape index (κ1) is 11.5. The highest BCUT2D eigenvalue weighted by molar-refractivity contribution is 9.10. The maximum absolute atomic E-state index is 9.74. The number of nitrogens with two attached hydrogens (primary N) is 1. The molecule has 4 heteroatoms. The highest BCUT2D eigenvalue weighted by atomic mass is 79.9. The molecule has 0 spiro atoms. The lowest BCUT2D eigenvalue weighted by atomic mass is 10.0. The molecular weight excluding hydrogens is 246 g/mol. The minimum atomic E-state index is -0.323. The zero-order valence-electron chi connectivity index (χ0n) is 8.00. The van der Waals surface area contributed by atoms with Gasteiger partial charge in [-0.2, -0.15) is 0 Å². The van der Waals surface area contributed by atoms with Crippen molar-refractivity contribution in [2.45, 2.75) is 19.4 Å². The number of phenols is 1. The van der Waals surface area contributed by atoms with Gasteiger partial charge in [-0.25, -0.2) is 0 Å². The number of aliphatic hydroxyl groups is 1. The molecule has 0 saturated heterocycles. The number of rotatable bonds is 3. The third kappa shape index (κ3) is 2.47. The number of aliphatic hydroxyl groups excluding tert-OH is 1. The van der Waals surface area contributed by atoms with Crippen LogP contribution in [0.15, 0.2) is 16.6 Å². The summed E-state index contributed by atoms with van der Waals surface area (Å²) in [7, 11) is 0. The second-order valence-corrected chi connectivity index (χ2v) is 4.19. The molecule has 0 aliphatic heterocycles. The molecule has 0 saturated carbocycles. The van der Waals surface area contributed by atoms with Crippen LogP contribution < -0.4 is 5.73 Å². The Balaban J connectivity index is 3.07. The van der Waals surface area contributed by atoms with Crippen molar-refractivity contribution in [2.75, 3.05) is 6.61 Å². The van der Waals surface area contributed by atoms with Crippen molar-refractivity contribution in [3.63, 3.8) is 0 Å². The maximum Gasteiger partial charge on any atom is 0.123 e. The first-order valence-corrected chi connectivity index (χ1v) is 5.21. The van der Waals surface area contributed by atoms with Crippen LogP contribution in [-0.2, 0) is 0 Å². The van der Waals surface area contributed by atoms with Gasteiger partial charge in [-0.05, 0) is 31.0 Å². The zero-order valence-corrected chi connectivity index (χ0v) is 9.58. The Morgan fingerprint density at radius 3 is 2.71 bits per heavy atom. The molecule has 0 unspecified atom stereocenters. The Kier molecular flexibility index (Phi) is 3.92. The van der Waals surface area contributed by atoms with Gasteiger partial charge in [0.2, 0.25) is 0 Å². The smallest absolute Gasteiger partial charge is 0.123 e. The van der Waals surface area contributed by atoms with Crippen LogP contribution in [0.5, 0.6) is 5.75 Å². The largest absolute Gasteiger partial charge is 0.507 e. The normalized spacial score (nSPS) is 12.9. The van der Waals surface area contributed by atoms with Gasteiger partial charge < -0.3 is 15.9 Å². The van der Waals surface area contributed by atoms with Crippen LogP contribution in [0.3, 0.4) is 0 Å². The van der Waals surface area contributed by atoms with Gasteiger partial charge in [0.25, 0.3) is 0 Å². The number of hydrogen-bond donors (Lipinski definition) is 3. The van der Waals surface area contributed by atoms with Crippen LogP contribution in [0.25, 0.3) is 0 Å². The molecule has 1 rings (SSSR count). The molecular formula is C10H14BrNO2. The van der Waals surface area contributed by atoms with E-state index in [1.807, 2.05) is 13.0 Å². The molecule has 0 bridgehead atoms. The molecule has 4 N–H and O–H groups in total. The summed E-state index contributed by atoms with van der Waals surface area (Å²) in [6, 6.07) is 3.28. The summed E-state index contributed by atoms with van der Waals surface area (Å²) >= 11 is 3.34. The topological polar surface area (TPSA) is 66.5 Å². The van der Waals surface area contributed by atoms with E-state index in [1.54, 1.807) is 6.07 Å². The average Bonchev–Trinajstić information content (AvgIpc) is 2.11. The molecule has 1 aromatic carbocycles. The SMILES string of the molecule is Cc1cc(Br)cc([C@H](N)CCO)c1O. The van der Waals surface area contributed by atoms with Crippen LogP contribution in [0, 0.1) is 6.92 Å². The van der Waals surface area contributed by atoms with Crippen LogP contribution in [0.2, 0.25) is 0 Å². The summed E-state index contributed by atoms with van der Waals surface area (Å²) in [6.07, 6.45) is 0.448. The van der Waals surface area contributed by atoms with E-state index in [9.17, 15) is 5.11 Å². The third-order valence-electron chi connectivity index (χ3n) is 2.13. The molecule has 3 nitrogen and oxygen atoms in total. The van der Waals surface area contributed by atoms with Crippen molar-refractivity contribution in [3.05, 3.63) is 27.7 Å². The Morgan fingerprint density at radius 1 is 1.50 bits per heavy atom. The van der Waals surface area contributed by atoms with E-state index in [4.69, 9.17) is 10.8 Å². The van der Waals surface area contributed by atoms with Crippen molar-refractivity contribution < 1.29 is 10.2 Å². The predicted molar refractivity (Wildman–Crippen MR) is 59.2 cm³/mol. The maximum atomic E-state index is 9.74. The second-order valence-electron chi connectivity index (χ2n) is 3.28. The summed E-state index contributed by atoms with van der Waals surface area (Å²) in [6.45, 7) is 1.83. The lowest BCUT2D eigenvalue weighted by molar-refractivity contribution is 0.275. The van der Waals surface area contributed by atoms with Gasteiger partial charge in [0.15, 0.2) is 0 Å². The summed E-state index contributed by atoms with van der Waals surface area (Å²) in [5.74, 6) is 0.217. The first-order valence-electron chi connectivity index (χ1n) is 4.41. The fraction of sp³-hybridized carbons (Fsp3) is 0.400. The van der Waals surface area contributed by atoms with E-state index in [2.05, 4.69) is 15.9 Å². The molecule has 78 valence electrons. The van der Waals surface area contributed by atoms with E-state index >= 15 is 0 Å². The van der Waals surface area contributed by atoms with Gasteiger partial charge in [-0.3, -0.25) is 0 Å². The van der Waals surface area contributed by atoms with Crippen molar-refractivity contribution in [1.29, 1.82) is 0 Å². The quantitative estimate of drug-likeness (QED) is 0.776. The van der Waals surface area contributed by atoms with Crippen molar-refractivity contribution >= 4 is 15.9 Å². The summed E-state index contributed by atoms with van der Waals surface area (Å²) in [5.41, 5.74) is 7.26. The molecule has 0 amide bonds. The monoisotopic (exact) mass is 259 g/mol. The Labute approximate surface area is 91.7 Å². The van der Waals surface area contributed by atoms with Gasteiger partial charge in [-0.1, -0.05) is 15.9 Å². The molecule has 14 heavy (non-hydrogen) atoms. The van der Waals surface area contributed by atoms with E-state index in [1.165, 1.54) is 0 Å². The van der Waals surface area contributed by atoms with Gasteiger partial charge in [0.1, 0.15) is 5.75 Å². The van der Waals surface area contributed by atoms with Gasteiger partial charge in [0, 0.05) is 22.7 Å². The third-order valence-corrected chi connectivity index (χ3v) is 2.59. The van der Waals surface area contributed by atoms with E-state index in [0.717, 1.165) is 10.0 Å². The number of phenolic OH excluding ortho intramolecular Hbond substituents is 1. The van der Waals surface area contributed by atoms with E-state index in [-0.39, 0.29) is 18.4 Å². The Bertz CT molecular complexity index is 328. The first-order chi connectivity index (χ1) is 6.56. The zero-order chi connectivity index (χ0) is 10.7.